The molecular formula is C8H10N2O3. The number of hydrogen-bond acceptors (Lipinski definition) is 3. The van der Waals surface area contributed by atoms with Crippen molar-refractivity contribution < 1.29 is 14.7 Å². The van der Waals surface area contributed by atoms with Gasteiger partial charge in [-0.25, -0.2) is 9.78 Å². The predicted octanol–water partition coefficient (Wildman–Crippen LogP) is 0.485. The zero-order chi connectivity index (χ0) is 9.84. The van der Waals surface area contributed by atoms with E-state index in [4.69, 9.17) is 5.11 Å². The molecular weight excluding hydrogens is 172 g/mol. The SMILES string of the molecule is CC(C=O)Cc1nc(C(=O)O)c[nH]1. The zero-order valence-corrected chi connectivity index (χ0v) is 7.15. The molecule has 5 heteroatoms. The number of aromatic amines is 1. The van der Waals surface area contributed by atoms with E-state index in [1.807, 2.05) is 0 Å². The molecule has 0 aliphatic carbocycles. The summed E-state index contributed by atoms with van der Waals surface area (Å²) in [5, 5.41) is 8.54. The molecule has 70 valence electrons. The zero-order valence-electron chi connectivity index (χ0n) is 7.15. The maximum absolute atomic E-state index is 10.4. The molecule has 1 unspecified atom stereocenters. The summed E-state index contributed by atoms with van der Waals surface area (Å²) < 4.78 is 0. The van der Waals surface area contributed by atoms with Crippen LogP contribution in [-0.2, 0) is 11.2 Å². The maximum Gasteiger partial charge on any atom is 0.356 e. The second kappa shape index (κ2) is 3.84. The topological polar surface area (TPSA) is 83.1 Å². The number of carbonyl (C=O) groups excluding carboxylic acids is 1. The Labute approximate surface area is 74.8 Å². The van der Waals surface area contributed by atoms with E-state index in [0.717, 1.165) is 6.29 Å². The van der Waals surface area contributed by atoms with Crippen LogP contribution in [0, 0.1) is 5.92 Å². The van der Waals surface area contributed by atoms with Gasteiger partial charge in [-0.1, -0.05) is 6.92 Å². The molecule has 0 radical (unpaired) electrons. The minimum absolute atomic E-state index is 0.0203. The smallest absolute Gasteiger partial charge is 0.356 e. The van der Waals surface area contributed by atoms with Gasteiger partial charge in [0.25, 0.3) is 0 Å². The van der Waals surface area contributed by atoms with E-state index in [2.05, 4.69) is 9.97 Å². The molecule has 0 aliphatic rings. The van der Waals surface area contributed by atoms with Crippen LogP contribution in [0.3, 0.4) is 0 Å². The van der Waals surface area contributed by atoms with Gasteiger partial charge in [0.2, 0.25) is 0 Å². The van der Waals surface area contributed by atoms with Gasteiger partial charge in [-0.3, -0.25) is 0 Å². The van der Waals surface area contributed by atoms with Crippen molar-refractivity contribution in [1.82, 2.24) is 9.97 Å². The number of H-pyrrole nitrogens is 1. The van der Waals surface area contributed by atoms with Crippen LogP contribution in [0.15, 0.2) is 6.20 Å². The summed E-state index contributed by atoms with van der Waals surface area (Å²) in [5.41, 5.74) is -0.0203. The Bertz CT molecular complexity index is 319. The Hall–Kier alpha value is -1.65. The largest absolute Gasteiger partial charge is 0.476 e. The van der Waals surface area contributed by atoms with Crippen molar-refractivity contribution in [3.8, 4) is 0 Å². The van der Waals surface area contributed by atoms with E-state index < -0.39 is 5.97 Å². The highest BCUT2D eigenvalue weighted by Gasteiger charge is 2.09. The number of rotatable bonds is 4. The number of aromatic carboxylic acids is 1. The molecule has 0 amide bonds. The fourth-order valence-electron chi connectivity index (χ4n) is 0.929. The number of imidazole rings is 1. The van der Waals surface area contributed by atoms with Gasteiger partial charge in [-0.15, -0.1) is 0 Å². The Morgan fingerprint density at radius 1 is 1.85 bits per heavy atom. The number of hydrogen-bond donors (Lipinski definition) is 2. The number of nitrogens with zero attached hydrogens (tertiary/aromatic N) is 1. The fraction of sp³-hybridized carbons (Fsp3) is 0.375. The third kappa shape index (κ3) is 2.40. The monoisotopic (exact) mass is 182 g/mol. The molecule has 13 heavy (non-hydrogen) atoms. The van der Waals surface area contributed by atoms with Crippen molar-refractivity contribution in [2.75, 3.05) is 0 Å². The first-order chi connectivity index (χ1) is 6.13. The van der Waals surface area contributed by atoms with Gasteiger partial charge < -0.3 is 14.9 Å². The van der Waals surface area contributed by atoms with Gasteiger partial charge in [0, 0.05) is 18.5 Å². The second-order valence-electron chi connectivity index (χ2n) is 2.86. The van der Waals surface area contributed by atoms with E-state index in [0.29, 0.717) is 12.2 Å². The van der Waals surface area contributed by atoms with Gasteiger partial charge in [-0.2, -0.15) is 0 Å². The molecule has 1 atom stereocenters. The average molecular weight is 182 g/mol. The van der Waals surface area contributed by atoms with Gasteiger partial charge >= 0.3 is 5.97 Å². The molecule has 1 aromatic heterocycles. The second-order valence-corrected chi connectivity index (χ2v) is 2.86. The Morgan fingerprint density at radius 2 is 2.54 bits per heavy atom. The molecule has 5 nitrogen and oxygen atoms in total. The highest BCUT2D eigenvalue weighted by atomic mass is 16.4. The van der Waals surface area contributed by atoms with Crippen molar-refractivity contribution in [3.05, 3.63) is 17.7 Å². The van der Waals surface area contributed by atoms with Crippen molar-refractivity contribution in [2.24, 2.45) is 5.92 Å². The van der Waals surface area contributed by atoms with Crippen molar-refractivity contribution in [3.63, 3.8) is 0 Å². The predicted molar refractivity (Wildman–Crippen MR) is 44.5 cm³/mol. The highest BCUT2D eigenvalue weighted by Crippen LogP contribution is 2.03. The Kier molecular flexibility index (Phi) is 2.79. The maximum atomic E-state index is 10.4. The number of nitrogens with one attached hydrogen (secondary N) is 1. The molecule has 0 fully saturated rings. The van der Waals surface area contributed by atoms with Crippen molar-refractivity contribution >= 4 is 12.3 Å². The van der Waals surface area contributed by atoms with Crippen molar-refractivity contribution in [2.45, 2.75) is 13.3 Å². The number of aromatic nitrogens is 2. The van der Waals surface area contributed by atoms with Gasteiger partial charge in [0.05, 0.1) is 0 Å². The quantitative estimate of drug-likeness (QED) is 0.663. The number of carboxylic acids is 1. The lowest BCUT2D eigenvalue weighted by Gasteiger charge is -1.97. The van der Waals surface area contributed by atoms with Crippen LogP contribution in [-0.4, -0.2) is 27.3 Å². The van der Waals surface area contributed by atoms with Crippen LogP contribution in [0.25, 0.3) is 0 Å². The summed E-state index contributed by atoms with van der Waals surface area (Å²) in [4.78, 5) is 27.2. The molecule has 0 saturated heterocycles. The first kappa shape index (κ1) is 9.44. The Balaban J connectivity index is 2.69. The summed E-state index contributed by atoms with van der Waals surface area (Å²) in [7, 11) is 0. The van der Waals surface area contributed by atoms with Crippen LogP contribution in [0.4, 0.5) is 0 Å². The summed E-state index contributed by atoms with van der Waals surface area (Å²) >= 11 is 0. The van der Waals surface area contributed by atoms with Crippen LogP contribution < -0.4 is 0 Å². The lowest BCUT2D eigenvalue weighted by molar-refractivity contribution is -0.110. The molecule has 0 aromatic carbocycles. The highest BCUT2D eigenvalue weighted by molar-refractivity contribution is 5.85. The minimum Gasteiger partial charge on any atom is -0.476 e. The summed E-state index contributed by atoms with van der Waals surface area (Å²) in [5.74, 6) is -0.689. The average Bonchev–Trinajstić information content (AvgIpc) is 2.52. The minimum atomic E-state index is -1.07. The number of aldehydes is 1. The molecule has 1 aromatic rings. The van der Waals surface area contributed by atoms with Gasteiger partial charge in [0.15, 0.2) is 5.69 Å². The van der Waals surface area contributed by atoms with E-state index in [1.54, 1.807) is 6.92 Å². The lowest BCUT2D eigenvalue weighted by atomic mass is 10.1. The molecule has 1 rings (SSSR count). The Morgan fingerprint density at radius 3 is 3.00 bits per heavy atom. The van der Waals surface area contributed by atoms with E-state index in [9.17, 15) is 9.59 Å². The molecule has 0 saturated carbocycles. The van der Waals surface area contributed by atoms with E-state index >= 15 is 0 Å². The van der Waals surface area contributed by atoms with E-state index in [1.165, 1.54) is 6.20 Å². The van der Waals surface area contributed by atoms with Crippen LogP contribution >= 0.6 is 0 Å². The number of carbonyl (C=O) groups is 2. The van der Waals surface area contributed by atoms with Gasteiger partial charge in [0.1, 0.15) is 12.1 Å². The summed E-state index contributed by atoms with van der Waals surface area (Å²) in [6.45, 7) is 1.75. The third-order valence-electron chi connectivity index (χ3n) is 1.60. The summed E-state index contributed by atoms with van der Waals surface area (Å²) in [6.07, 6.45) is 2.56. The van der Waals surface area contributed by atoms with Crippen LogP contribution in [0.2, 0.25) is 0 Å². The van der Waals surface area contributed by atoms with Gasteiger partial charge in [-0.05, 0) is 0 Å². The standard InChI is InChI=1S/C8H10N2O3/c1-5(4-11)2-7-9-3-6(10-7)8(12)13/h3-5H,2H2,1H3,(H,9,10)(H,12,13). The molecule has 0 bridgehead atoms. The molecule has 0 spiro atoms. The third-order valence-corrected chi connectivity index (χ3v) is 1.60. The molecule has 2 N–H and O–H groups in total. The first-order valence-corrected chi connectivity index (χ1v) is 3.86. The fourth-order valence-corrected chi connectivity index (χ4v) is 0.929. The molecule has 1 heterocycles. The first-order valence-electron chi connectivity index (χ1n) is 3.86. The number of carboxylic acid groups (broad SMARTS) is 1. The lowest BCUT2D eigenvalue weighted by Crippen LogP contribution is -2.03. The van der Waals surface area contributed by atoms with Crippen molar-refractivity contribution in [1.29, 1.82) is 0 Å². The molecule has 0 aliphatic heterocycles. The van der Waals surface area contributed by atoms with Crippen LogP contribution in [0.1, 0.15) is 23.2 Å². The normalized spacial score (nSPS) is 12.4. The van der Waals surface area contributed by atoms with E-state index in [-0.39, 0.29) is 11.6 Å². The van der Waals surface area contributed by atoms with Crippen LogP contribution in [0.5, 0.6) is 0 Å². The summed E-state index contributed by atoms with van der Waals surface area (Å²) in [6, 6.07) is 0.